The van der Waals surface area contributed by atoms with Gasteiger partial charge in [0.05, 0.1) is 12.2 Å². The molecule has 1 aliphatic heterocycles. The van der Waals surface area contributed by atoms with Crippen molar-refractivity contribution in [2.24, 2.45) is 5.92 Å². The molecule has 3 N–H and O–H groups in total. The van der Waals surface area contributed by atoms with Crippen LogP contribution in [0.2, 0.25) is 5.15 Å². The van der Waals surface area contributed by atoms with Crippen LogP contribution in [-0.4, -0.2) is 19.6 Å². The molecule has 0 radical (unpaired) electrons. The summed E-state index contributed by atoms with van der Waals surface area (Å²) in [5.74, 6) is -0.0129. The summed E-state index contributed by atoms with van der Waals surface area (Å²) in [4.78, 5) is 3.80. The zero-order chi connectivity index (χ0) is 17.3. The summed E-state index contributed by atoms with van der Waals surface area (Å²) in [5, 5.41) is -0.0658. The quantitative estimate of drug-likeness (QED) is 0.648. The monoisotopic (exact) mass is 430 g/mol. The van der Waals surface area contributed by atoms with Gasteiger partial charge in [0, 0.05) is 16.6 Å². The molecule has 1 aromatic heterocycles. The lowest BCUT2D eigenvalue weighted by Crippen LogP contribution is -2.46. The first-order valence-electron chi connectivity index (χ1n) is 7.28. The first kappa shape index (κ1) is 17.8. The summed E-state index contributed by atoms with van der Waals surface area (Å²) in [6.07, 6.45) is 0.973. The average molecular weight is 432 g/mol. The van der Waals surface area contributed by atoms with Gasteiger partial charge in [-0.15, -0.1) is 0 Å². The smallest absolute Gasteiger partial charge is 0.245 e. The molecule has 0 spiro atoms. The summed E-state index contributed by atoms with van der Waals surface area (Å²) in [6, 6.07) is 11.3. The topological polar surface area (TPSA) is 83.1 Å². The molecule has 128 valence electrons. The van der Waals surface area contributed by atoms with Gasteiger partial charge in [0.25, 0.3) is 0 Å². The Balaban J connectivity index is 1.80. The molecule has 0 saturated carbocycles. The molecule has 2 heterocycles. The number of nitrogens with one attached hydrogen (secondary N) is 3. The second-order valence-corrected chi connectivity index (χ2v) is 8.53. The molecular weight excluding hydrogens is 416 g/mol. The van der Waals surface area contributed by atoms with Crippen molar-refractivity contribution in [1.29, 1.82) is 0 Å². The number of pyridine rings is 1. The minimum absolute atomic E-state index is 0.00462. The van der Waals surface area contributed by atoms with Crippen LogP contribution in [0.1, 0.15) is 18.5 Å². The maximum absolute atomic E-state index is 12.6. The highest BCUT2D eigenvalue weighted by atomic mass is 79.9. The van der Waals surface area contributed by atoms with Gasteiger partial charge in [-0.1, -0.05) is 48.9 Å². The largest absolute Gasteiger partial charge is 0.248 e. The third-order valence-corrected chi connectivity index (χ3v) is 6.25. The van der Waals surface area contributed by atoms with Gasteiger partial charge < -0.3 is 0 Å². The molecule has 2 aromatic rings. The number of sulfonamides is 1. The van der Waals surface area contributed by atoms with Crippen LogP contribution in [0.25, 0.3) is 0 Å². The number of benzene rings is 1. The highest BCUT2D eigenvalue weighted by Gasteiger charge is 2.36. The van der Waals surface area contributed by atoms with Crippen molar-refractivity contribution in [3.8, 4) is 0 Å². The van der Waals surface area contributed by atoms with Crippen molar-refractivity contribution in [2.45, 2.75) is 24.0 Å². The van der Waals surface area contributed by atoms with E-state index < -0.39 is 16.2 Å². The fraction of sp³-hybridized carbons (Fsp3) is 0.267. The predicted molar refractivity (Wildman–Crippen MR) is 95.7 cm³/mol. The van der Waals surface area contributed by atoms with E-state index in [1.54, 1.807) is 0 Å². The lowest BCUT2D eigenvalue weighted by Gasteiger charge is -2.20. The van der Waals surface area contributed by atoms with E-state index in [1.165, 1.54) is 12.3 Å². The zero-order valence-corrected chi connectivity index (χ0v) is 15.9. The van der Waals surface area contributed by atoms with Crippen LogP contribution >= 0.6 is 27.5 Å². The Kier molecular flexibility index (Phi) is 5.24. The van der Waals surface area contributed by atoms with Crippen LogP contribution < -0.4 is 15.6 Å². The van der Waals surface area contributed by atoms with Crippen LogP contribution in [0.5, 0.6) is 0 Å². The summed E-state index contributed by atoms with van der Waals surface area (Å²) in [5.41, 5.74) is 7.22. The molecule has 0 aliphatic carbocycles. The van der Waals surface area contributed by atoms with Crippen molar-refractivity contribution < 1.29 is 8.42 Å². The van der Waals surface area contributed by atoms with Crippen LogP contribution in [0, 0.1) is 5.92 Å². The molecule has 1 saturated heterocycles. The molecule has 9 heteroatoms. The predicted octanol–water partition coefficient (Wildman–Crippen LogP) is 2.59. The highest BCUT2D eigenvalue weighted by Crippen LogP contribution is 2.29. The highest BCUT2D eigenvalue weighted by molar-refractivity contribution is 9.10. The van der Waals surface area contributed by atoms with Crippen LogP contribution in [-0.2, 0) is 10.0 Å². The average Bonchev–Trinajstić information content (AvgIpc) is 2.91. The van der Waals surface area contributed by atoms with E-state index in [2.05, 4.69) is 36.5 Å². The van der Waals surface area contributed by atoms with E-state index in [-0.39, 0.29) is 22.0 Å². The molecule has 0 amide bonds. The number of hydrogen-bond donors (Lipinski definition) is 3. The number of hydrogen-bond acceptors (Lipinski definition) is 5. The minimum Gasteiger partial charge on any atom is -0.248 e. The van der Waals surface area contributed by atoms with Crippen molar-refractivity contribution in [3.05, 3.63) is 57.8 Å². The summed E-state index contributed by atoms with van der Waals surface area (Å²) < 4.78 is 28.4. The zero-order valence-electron chi connectivity index (χ0n) is 12.7. The second kappa shape index (κ2) is 7.07. The Morgan fingerprint density at radius 2 is 1.96 bits per heavy atom. The number of hydrazine groups is 1. The Morgan fingerprint density at radius 3 is 2.67 bits per heavy atom. The Morgan fingerprint density at radius 1 is 1.25 bits per heavy atom. The lowest BCUT2D eigenvalue weighted by atomic mass is 9.95. The summed E-state index contributed by atoms with van der Waals surface area (Å²) in [7, 11) is -3.81. The fourth-order valence-corrected chi connectivity index (χ4v) is 4.82. The molecule has 3 atom stereocenters. The van der Waals surface area contributed by atoms with Gasteiger partial charge in [-0.05, 0) is 27.6 Å². The van der Waals surface area contributed by atoms with Gasteiger partial charge in [0.2, 0.25) is 10.0 Å². The van der Waals surface area contributed by atoms with Crippen molar-refractivity contribution in [2.75, 3.05) is 0 Å². The van der Waals surface area contributed by atoms with Gasteiger partial charge in [0.15, 0.2) is 0 Å². The molecule has 3 rings (SSSR count). The van der Waals surface area contributed by atoms with Crippen LogP contribution in [0.3, 0.4) is 0 Å². The normalized spacial score (nSPS) is 24.2. The molecule has 0 bridgehead atoms. The van der Waals surface area contributed by atoms with Crippen LogP contribution in [0.15, 0.2) is 52.0 Å². The van der Waals surface area contributed by atoms with Gasteiger partial charge >= 0.3 is 0 Å². The standard InChI is InChI=1S/C15H16BrClN4O2S/c1-9-13(10-5-3-2-4-6-10)19-20-15(9)21-24(22,23)12-7-11(16)8-18-14(12)17/h2-9,13,15,19-21H,1H3. The molecule has 6 nitrogen and oxygen atoms in total. The van der Waals surface area contributed by atoms with E-state index >= 15 is 0 Å². The third kappa shape index (κ3) is 3.63. The maximum Gasteiger partial charge on any atom is 0.245 e. The SMILES string of the molecule is CC1C(NS(=O)(=O)c2cc(Br)cnc2Cl)NNC1c1ccccc1. The van der Waals surface area contributed by atoms with Gasteiger partial charge in [-0.25, -0.2) is 24.3 Å². The van der Waals surface area contributed by atoms with E-state index in [4.69, 9.17) is 11.6 Å². The molecule has 24 heavy (non-hydrogen) atoms. The molecule has 1 fully saturated rings. The number of aromatic nitrogens is 1. The minimum atomic E-state index is -3.81. The maximum atomic E-state index is 12.6. The van der Waals surface area contributed by atoms with Gasteiger partial charge in [-0.3, -0.25) is 0 Å². The number of halogens is 2. The van der Waals surface area contributed by atoms with Crippen LogP contribution in [0.4, 0.5) is 0 Å². The molecule has 1 aromatic carbocycles. The second-order valence-electron chi connectivity index (χ2n) is 5.58. The molecular formula is C15H16BrClN4O2S. The van der Waals surface area contributed by atoms with E-state index in [1.807, 2.05) is 37.3 Å². The molecule has 3 unspecified atom stereocenters. The third-order valence-electron chi connectivity index (χ3n) is 3.95. The van der Waals surface area contributed by atoms with E-state index in [0.717, 1.165) is 5.56 Å². The van der Waals surface area contributed by atoms with Crippen molar-refractivity contribution in [3.63, 3.8) is 0 Å². The first-order chi connectivity index (χ1) is 11.4. The Hall–Kier alpha value is -1.03. The van der Waals surface area contributed by atoms with Crippen molar-refractivity contribution in [1.82, 2.24) is 20.6 Å². The Bertz CT molecular complexity index is 835. The fourth-order valence-electron chi connectivity index (χ4n) is 2.64. The van der Waals surface area contributed by atoms with E-state index in [0.29, 0.717) is 4.47 Å². The van der Waals surface area contributed by atoms with Crippen molar-refractivity contribution >= 4 is 37.6 Å². The first-order valence-corrected chi connectivity index (χ1v) is 9.93. The Labute approximate surface area is 154 Å². The summed E-state index contributed by atoms with van der Waals surface area (Å²) >= 11 is 9.15. The molecule has 1 aliphatic rings. The van der Waals surface area contributed by atoms with Gasteiger partial charge in [-0.2, -0.15) is 4.72 Å². The lowest BCUT2D eigenvalue weighted by molar-refractivity contribution is 0.429. The number of rotatable bonds is 4. The summed E-state index contributed by atoms with van der Waals surface area (Å²) in [6.45, 7) is 1.97. The van der Waals surface area contributed by atoms with Gasteiger partial charge in [0.1, 0.15) is 10.0 Å². The van der Waals surface area contributed by atoms with E-state index in [9.17, 15) is 8.42 Å². The number of nitrogens with zero attached hydrogens (tertiary/aromatic N) is 1.